The second-order valence-corrected chi connectivity index (χ2v) is 6.31. The van der Waals surface area contributed by atoms with Crippen LogP contribution in [0.2, 0.25) is 0 Å². The summed E-state index contributed by atoms with van der Waals surface area (Å²) in [5, 5.41) is 10.7. The molecule has 8 heteroatoms. The first kappa shape index (κ1) is 18.6. The number of hydrogen-bond acceptors (Lipinski definition) is 6. The van der Waals surface area contributed by atoms with Crippen LogP contribution >= 0.6 is 0 Å². The van der Waals surface area contributed by atoms with Crippen molar-refractivity contribution < 1.29 is 23.7 Å². The van der Waals surface area contributed by atoms with Crippen LogP contribution in [0.25, 0.3) is 11.3 Å². The van der Waals surface area contributed by atoms with Gasteiger partial charge in [-0.15, -0.1) is 0 Å². The number of carbonyl (C=O) groups is 2. The monoisotopic (exact) mass is 372 g/mol. The fraction of sp³-hybridized carbons (Fsp3) is 0.368. The average molecular weight is 372 g/mol. The largest absolute Gasteiger partial charge is 0.466 e. The van der Waals surface area contributed by atoms with Crippen molar-refractivity contribution in [3.63, 3.8) is 0 Å². The van der Waals surface area contributed by atoms with Crippen molar-refractivity contribution in [2.24, 2.45) is 5.92 Å². The molecule has 0 unspecified atom stereocenters. The van der Waals surface area contributed by atoms with Gasteiger partial charge >= 0.3 is 5.97 Å². The molecule has 0 bridgehead atoms. The summed E-state index contributed by atoms with van der Waals surface area (Å²) in [6.07, 6.45) is 1.43. The third kappa shape index (κ3) is 4.16. The van der Waals surface area contributed by atoms with E-state index in [2.05, 4.69) is 0 Å². The molecule has 0 spiro atoms. The number of nitro groups is 1. The van der Waals surface area contributed by atoms with Gasteiger partial charge in [0.1, 0.15) is 5.76 Å². The minimum atomic E-state index is -0.475. The van der Waals surface area contributed by atoms with Gasteiger partial charge in [0, 0.05) is 30.8 Å². The quantitative estimate of drug-likeness (QED) is 0.453. The van der Waals surface area contributed by atoms with Crippen molar-refractivity contribution in [3.05, 3.63) is 52.3 Å². The Morgan fingerprint density at radius 1 is 1.26 bits per heavy atom. The van der Waals surface area contributed by atoms with Gasteiger partial charge in [-0.25, -0.2) is 0 Å². The molecule has 0 radical (unpaired) electrons. The Balaban J connectivity index is 1.71. The molecule has 0 N–H and O–H groups in total. The van der Waals surface area contributed by atoms with E-state index in [-0.39, 0.29) is 29.2 Å². The lowest BCUT2D eigenvalue weighted by Crippen LogP contribution is -2.42. The summed E-state index contributed by atoms with van der Waals surface area (Å²) in [4.78, 5) is 36.5. The van der Waals surface area contributed by atoms with E-state index in [1.807, 2.05) is 0 Å². The van der Waals surface area contributed by atoms with Gasteiger partial charge in [0.2, 0.25) is 0 Å². The molecule has 142 valence electrons. The molecular formula is C19H20N2O6. The summed E-state index contributed by atoms with van der Waals surface area (Å²) in [5.41, 5.74) is 0.627. The molecule has 2 heterocycles. The number of piperidine rings is 1. The lowest BCUT2D eigenvalue weighted by Gasteiger charge is -2.30. The van der Waals surface area contributed by atoms with E-state index in [9.17, 15) is 19.7 Å². The van der Waals surface area contributed by atoms with Gasteiger partial charge in [-0.05, 0) is 44.0 Å². The second kappa shape index (κ2) is 8.03. The number of nitrogens with zero attached hydrogens (tertiary/aromatic N) is 2. The average Bonchev–Trinajstić information content (AvgIpc) is 3.18. The Bertz CT molecular complexity index is 842. The third-order valence-corrected chi connectivity index (χ3v) is 4.51. The van der Waals surface area contributed by atoms with Crippen LogP contribution in [0.1, 0.15) is 30.3 Å². The van der Waals surface area contributed by atoms with Crippen LogP contribution in [-0.4, -0.2) is 41.4 Å². The van der Waals surface area contributed by atoms with Gasteiger partial charge < -0.3 is 14.1 Å². The summed E-state index contributed by atoms with van der Waals surface area (Å²) in [6.45, 7) is 2.94. The van der Waals surface area contributed by atoms with E-state index >= 15 is 0 Å². The molecule has 27 heavy (non-hydrogen) atoms. The van der Waals surface area contributed by atoms with Crippen molar-refractivity contribution in [1.29, 1.82) is 0 Å². The highest BCUT2D eigenvalue weighted by Gasteiger charge is 2.31. The first-order valence-electron chi connectivity index (χ1n) is 8.80. The normalized spacial score (nSPS) is 16.8. The number of rotatable bonds is 5. The van der Waals surface area contributed by atoms with Crippen molar-refractivity contribution in [3.8, 4) is 11.3 Å². The molecule has 1 amide bonds. The number of esters is 1. The predicted molar refractivity (Wildman–Crippen MR) is 96.1 cm³/mol. The number of furan rings is 1. The fourth-order valence-corrected chi connectivity index (χ4v) is 3.13. The van der Waals surface area contributed by atoms with E-state index in [0.717, 1.165) is 6.42 Å². The van der Waals surface area contributed by atoms with Crippen molar-refractivity contribution in [2.75, 3.05) is 19.7 Å². The SMILES string of the molecule is CCOC(=O)[C@H]1CCCN(C(=O)c2ccc(-c3ccc([N+](=O)[O-])cc3)o2)C1. The molecule has 1 saturated heterocycles. The van der Waals surface area contributed by atoms with Gasteiger partial charge in [0.15, 0.2) is 5.76 Å². The van der Waals surface area contributed by atoms with Crippen LogP contribution < -0.4 is 0 Å². The van der Waals surface area contributed by atoms with E-state index < -0.39 is 4.92 Å². The smallest absolute Gasteiger partial charge is 0.310 e. The fourth-order valence-electron chi connectivity index (χ4n) is 3.13. The third-order valence-electron chi connectivity index (χ3n) is 4.51. The number of non-ortho nitro benzene ring substituents is 1. The summed E-state index contributed by atoms with van der Waals surface area (Å²) in [5.74, 6) is -0.245. The topological polar surface area (TPSA) is 103 Å². The summed E-state index contributed by atoms with van der Waals surface area (Å²) in [7, 11) is 0. The van der Waals surface area contributed by atoms with E-state index in [1.165, 1.54) is 12.1 Å². The van der Waals surface area contributed by atoms with E-state index in [1.54, 1.807) is 36.1 Å². The lowest BCUT2D eigenvalue weighted by molar-refractivity contribution is -0.384. The van der Waals surface area contributed by atoms with Gasteiger partial charge in [0.25, 0.3) is 11.6 Å². The molecule has 0 aliphatic carbocycles. The van der Waals surface area contributed by atoms with Crippen LogP contribution in [0.4, 0.5) is 5.69 Å². The molecule has 2 aromatic rings. The van der Waals surface area contributed by atoms with E-state index in [0.29, 0.717) is 37.4 Å². The Hall–Kier alpha value is -3.16. The van der Waals surface area contributed by atoms with Crippen LogP contribution in [0.15, 0.2) is 40.8 Å². The molecule has 1 aromatic heterocycles. The number of hydrogen-bond donors (Lipinski definition) is 0. The number of nitro benzene ring substituents is 1. The molecule has 1 aliphatic heterocycles. The maximum atomic E-state index is 12.7. The number of carbonyl (C=O) groups excluding carboxylic acids is 2. The van der Waals surface area contributed by atoms with Crippen LogP contribution in [0, 0.1) is 16.0 Å². The highest BCUT2D eigenvalue weighted by Crippen LogP contribution is 2.26. The van der Waals surface area contributed by atoms with Crippen LogP contribution in [0.5, 0.6) is 0 Å². The lowest BCUT2D eigenvalue weighted by atomic mass is 9.98. The molecular weight excluding hydrogens is 352 g/mol. The van der Waals surface area contributed by atoms with Crippen LogP contribution in [-0.2, 0) is 9.53 Å². The zero-order chi connectivity index (χ0) is 19.4. The molecule has 0 saturated carbocycles. The highest BCUT2D eigenvalue weighted by molar-refractivity contribution is 5.92. The first-order valence-corrected chi connectivity index (χ1v) is 8.80. The molecule has 1 fully saturated rings. The molecule has 1 aliphatic rings. The first-order chi connectivity index (χ1) is 13.0. The van der Waals surface area contributed by atoms with Gasteiger partial charge in [-0.1, -0.05) is 0 Å². The van der Waals surface area contributed by atoms with Gasteiger partial charge in [-0.2, -0.15) is 0 Å². The predicted octanol–water partition coefficient (Wildman–Crippen LogP) is 3.27. The minimum Gasteiger partial charge on any atom is -0.466 e. The Labute approximate surface area is 155 Å². The molecule has 3 rings (SSSR count). The maximum absolute atomic E-state index is 12.7. The van der Waals surface area contributed by atoms with Crippen LogP contribution in [0.3, 0.4) is 0 Å². The summed E-state index contributed by atoms with van der Waals surface area (Å²) < 4.78 is 10.7. The van der Waals surface area contributed by atoms with Crippen molar-refractivity contribution >= 4 is 17.6 Å². The molecule has 1 atom stereocenters. The number of benzene rings is 1. The Morgan fingerprint density at radius 2 is 2.00 bits per heavy atom. The Morgan fingerprint density at radius 3 is 2.67 bits per heavy atom. The highest BCUT2D eigenvalue weighted by atomic mass is 16.6. The zero-order valence-electron chi connectivity index (χ0n) is 14.9. The summed E-state index contributed by atoms with van der Waals surface area (Å²) >= 11 is 0. The zero-order valence-corrected chi connectivity index (χ0v) is 14.9. The Kier molecular flexibility index (Phi) is 5.54. The number of likely N-dealkylation sites (tertiary alicyclic amines) is 1. The standard InChI is InChI=1S/C19H20N2O6/c1-2-26-19(23)14-4-3-11-20(12-14)18(22)17-10-9-16(27-17)13-5-7-15(8-6-13)21(24)25/h5-10,14H,2-4,11-12H2,1H3/t14-/m0/s1. The summed E-state index contributed by atoms with van der Waals surface area (Å²) in [6, 6.07) is 9.14. The minimum absolute atomic E-state index is 0.0140. The molecule has 8 nitrogen and oxygen atoms in total. The number of amides is 1. The maximum Gasteiger partial charge on any atom is 0.310 e. The molecule has 1 aromatic carbocycles. The van der Waals surface area contributed by atoms with Crippen molar-refractivity contribution in [1.82, 2.24) is 4.90 Å². The van der Waals surface area contributed by atoms with Gasteiger partial charge in [-0.3, -0.25) is 19.7 Å². The van der Waals surface area contributed by atoms with Crippen molar-refractivity contribution in [2.45, 2.75) is 19.8 Å². The van der Waals surface area contributed by atoms with Gasteiger partial charge in [0.05, 0.1) is 17.4 Å². The van der Waals surface area contributed by atoms with E-state index in [4.69, 9.17) is 9.15 Å². The second-order valence-electron chi connectivity index (χ2n) is 6.31. The number of ether oxygens (including phenoxy) is 1.